The zero-order chi connectivity index (χ0) is 14.4. The minimum absolute atomic E-state index is 0.0618. The zero-order valence-corrected chi connectivity index (χ0v) is 12.6. The van der Waals surface area contributed by atoms with Crippen molar-refractivity contribution in [2.45, 2.75) is 26.4 Å². The fourth-order valence-corrected chi connectivity index (χ4v) is 2.03. The van der Waals surface area contributed by atoms with E-state index in [0.29, 0.717) is 0 Å². The summed E-state index contributed by atoms with van der Waals surface area (Å²) in [5.74, 6) is 0.0618. The molecule has 106 valence electrons. The Kier molecular flexibility index (Phi) is 5.83. The van der Waals surface area contributed by atoms with Crippen LogP contribution in [0, 0.1) is 0 Å². The second kappa shape index (κ2) is 7.14. The highest BCUT2D eigenvalue weighted by Gasteiger charge is 2.18. The highest BCUT2D eigenvalue weighted by Crippen LogP contribution is 2.14. The second-order valence-electron chi connectivity index (χ2n) is 4.91. The van der Waals surface area contributed by atoms with Crippen molar-refractivity contribution < 1.29 is 4.79 Å². The van der Waals surface area contributed by atoms with Crippen molar-refractivity contribution in [1.82, 2.24) is 10.2 Å². The van der Waals surface area contributed by atoms with E-state index in [0.717, 1.165) is 13.1 Å². The molecule has 0 aliphatic heterocycles. The first kappa shape index (κ1) is 15.5. The molecule has 1 N–H and O–H groups in total. The number of amides is 1. The van der Waals surface area contributed by atoms with Crippen LogP contribution in [0.15, 0.2) is 24.3 Å². The maximum Gasteiger partial charge on any atom is 0.236 e. The third kappa shape index (κ3) is 4.24. The van der Waals surface area contributed by atoms with Crippen LogP contribution in [-0.2, 0) is 11.3 Å². The van der Waals surface area contributed by atoms with E-state index in [1.165, 1.54) is 11.3 Å². The summed E-state index contributed by atoms with van der Waals surface area (Å²) in [6.07, 6.45) is 0. The number of carbonyl (C=O) groups excluding carboxylic acids is 1. The van der Waals surface area contributed by atoms with Crippen molar-refractivity contribution in [3.63, 3.8) is 0 Å². The van der Waals surface area contributed by atoms with Crippen molar-refractivity contribution in [2.75, 3.05) is 32.6 Å². The van der Waals surface area contributed by atoms with Gasteiger partial charge in [-0.15, -0.1) is 0 Å². The first-order chi connectivity index (χ1) is 8.99. The van der Waals surface area contributed by atoms with Crippen LogP contribution in [-0.4, -0.2) is 44.5 Å². The number of likely N-dealkylation sites (N-methyl/N-ethyl adjacent to an activating group) is 2. The Morgan fingerprint density at radius 3 is 2.26 bits per heavy atom. The van der Waals surface area contributed by atoms with Gasteiger partial charge < -0.3 is 10.2 Å². The van der Waals surface area contributed by atoms with E-state index >= 15 is 0 Å². The summed E-state index contributed by atoms with van der Waals surface area (Å²) in [5.41, 5.74) is 2.41. The predicted octanol–water partition coefficient (Wildman–Crippen LogP) is 1.71. The largest absolute Gasteiger partial charge is 0.378 e. The Labute approximate surface area is 116 Å². The lowest BCUT2D eigenvalue weighted by atomic mass is 10.1. The van der Waals surface area contributed by atoms with Gasteiger partial charge in [0.1, 0.15) is 0 Å². The molecule has 1 atom stereocenters. The average Bonchev–Trinajstić information content (AvgIpc) is 2.43. The van der Waals surface area contributed by atoms with Crippen LogP contribution in [0.5, 0.6) is 0 Å². The maximum absolute atomic E-state index is 11.7. The van der Waals surface area contributed by atoms with Crippen LogP contribution in [0.1, 0.15) is 19.4 Å². The van der Waals surface area contributed by atoms with Crippen molar-refractivity contribution in [1.29, 1.82) is 0 Å². The molecule has 1 aromatic carbocycles. The molecule has 0 heterocycles. The van der Waals surface area contributed by atoms with Gasteiger partial charge in [0.2, 0.25) is 5.91 Å². The summed E-state index contributed by atoms with van der Waals surface area (Å²) in [4.78, 5) is 15.9. The second-order valence-corrected chi connectivity index (χ2v) is 4.91. The third-order valence-electron chi connectivity index (χ3n) is 3.42. The van der Waals surface area contributed by atoms with E-state index in [4.69, 9.17) is 0 Å². The molecule has 4 nitrogen and oxygen atoms in total. The van der Waals surface area contributed by atoms with E-state index in [9.17, 15) is 4.79 Å². The lowest BCUT2D eigenvalue weighted by molar-refractivity contribution is -0.125. The first-order valence-electron chi connectivity index (χ1n) is 6.71. The smallest absolute Gasteiger partial charge is 0.236 e. The van der Waals surface area contributed by atoms with Gasteiger partial charge in [0.15, 0.2) is 0 Å². The molecule has 1 amide bonds. The molecule has 4 heteroatoms. The molecule has 0 aliphatic carbocycles. The van der Waals surface area contributed by atoms with Gasteiger partial charge in [-0.1, -0.05) is 19.1 Å². The Morgan fingerprint density at radius 2 is 1.84 bits per heavy atom. The topological polar surface area (TPSA) is 35.6 Å². The minimum atomic E-state index is -0.108. The Hall–Kier alpha value is -1.55. The highest BCUT2D eigenvalue weighted by atomic mass is 16.2. The van der Waals surface area contributed by atoms with E-state index in [1.807, 2.05) is 21.0 Å². The molecule has 0 fully saturated rings. The number of carbonyl (C=O) groups is 1. The normalized spacial score (nSPS) is 12.3. The van der Waals surface area contributed by atoms with Gasteiger partial charge in [-0.2, -0.15) is 0 Å². The van der Waals surface area contributed by atoms with Gasteiger partial charge >= 0.3 is 0 Å². The molecule has 1 aromatic rings. The van der Waals surface area contributed by atoms with Gasteiger partial charge in [0.05, 0.1) is 6.04 Å². The molecule has 0 saturated carbocycles. The molecule has 0 bridgehead atoms. The third-order valence-corrected chi connectivity index (χ3v) is 3.42. The first-order valence-corrected chi connectivity index (χ1v) is 6.71. The lowest BCUT2D eigenvalue weighted by Gasteiger charge is -2.26. The number of rotatable bonds is 6. The monoisotopic (exact) mass is 263 g/mol. The van der Waals surface area contributed by atoms with Gasteiger partial charge in [0.25, 0.3) is 0 Å². The molecule has 19 heavy (non-hydrogen) atoms. The number of nitrogens with zero attached hydrogens (tertiary/aromatic N) is 2. The number of hydrogen-bond donors (Lipinski definition) is 1. The fraction of sp³-hybridized carbons (Fsp3) is 0.533. The molecule has 0 unspecified atom stereocenters. The van der Waals surface area contributed by atoms with Crippen molar-refractivity contribution in [3.05, 3.63) is 29.8 Å². The summed E-state index contributed by atoms with van der Waals surface area (Å²) < 4.78 is 0. The fourth-order valence-electron chi connectivity index (χ4n) is 2.03. The van der Waals surface area contributed by atoms with Gasteiger partial charge in [-0.3, -0.25) is 9.69 Å². The Bertz CT molecular complexity index is 400. The van der Waals surface area contributed by atoms with Crippen LogP contribution in [0.25, 0.3) is 0 Å². The van der Waals surface area contributed by atoms with E-state index < -0.39 is 0 Å². The Balaban J connectivity index is 2.73. The zero-order valence-electron chi connectivity index (χ0n) is 12.6. The molecule has 0 saturated heterocycles. The highest BCUT2D eigenvalue weighted by molar-refractivity contribution is 5.80. The van der Waals surface area contributed by atoms with E-state index in [-0.39, 0.29) is 11.9 Å². The summed E-state index contributed by atoms with van der Waals surface area (Å²) >= 11 is 0. The SMILES string of the molecule is CCN(Cc1ccc(N(C)C)cc1)[C@H](C)C(=O)NC. The molecule has 1 rings (SSSR count). The molecule has 0 spiro atoms. The quantitative estimate of drug-likeness (QED) is 0.848. The number of hydrogen-bond acceptors (Lipinski definition) is 3. The van der Waals surface area contributed by atoms with Crippen molar-refractivity contribution in [3.8, 4) is 0 Å². The van der Waals surface area contributed by atoms with Crippen LogP contribution in [0.4, 0.5) is 5.69 Å². The lowest BCUT2D eigenvalue weighted by Crippen LogP contribution is -2.43. The molecule has 0 radical (unpaired) electrons. The van der Waals surface area contributed by atoms with Crippen molar-refractivity contribution in [2.24, 2.45) is 0 Å². The maximum atomic E-state index is 11.7. The van der Waals surface area contributed by atoms with Gasteiger partial charge in [-0.05, 0) is 31.2 Å². The Morgan fingerprint density at radius 1 is 1.26 bits per heavy atom. The molecular weight excluding hydrogens is 238 g/mol. The minimum Gasteiger partial charge on any atom is -0.378 e. The summed E-state index contributed by atoms with van der Waals surface area (Å²) in [6, 6.07) is 8.34. The average molecular weight is 263 g/mol. The van der Waals surface area contributed by atoms with Crippen LogP contribution in [0.3, 0.4) is 0 Å². The van der Waals surface area contributed by atoms with Crippen molar-refractivity contribution >= 4 is 11.6 Å². The number of anilines is 1. The number of nitrogens with one attached hydrogen (secondary N) is 1. The summed E-state index contributed by atoms with van der Waals surface area (Å²) in [5, 5.41) is 2.70. The van der Waals surface area contributed by atoms with Gasteiger partial charge in [0, 0.05) is 33.4 Å². The van der Waals surface area contributed by atoms with E-state index in [1.54, 1.807) is 7.05 Å². The summed E-state index contributed by atoms with van der Waals surface area (Å²) in [6.45, 7) is 5.66. The van der Waals surface area contributed by atoms with Crippen LogP contribution in [0.2, 0.25) is 0 Å². The van der Waals surface area contributed by atoms with Crippen LogP contribution < -0.4 is 10.2 Å². The standard InChI is InChI=1S/C15H25N3O/c1-6-18(12(2)15(19)16-3)11-13-7-9-14(10-8-13)17(4)5/h7-10,12H,6,11H2,1-5H3,(H,16,19)/t12-/m1/s1. The van der Waals surface area contributed by atoms with E-state index in [2.05, 4.69) is 46.3 Å². The molecule has 0 aromatic heterocycles. The number of benzene rings is 1. The van der Waals surface area contributed by atoms with Gasteiger partial charge in [-0.25, -0.2) is 0 Å². The summed E-state index contributed by atoms with van der Waals surface area (Å²) in [7, 11) is 5.74. The molecule has 0 aliphatic rings. The predicted molar refractivity (Wildman–Crippen MR) is 80.4 cm³/mol. The molecular formula is C15H25N3O. The van der Waals surface area contributed by atoms with Crippen LogP contribution >= 0.6 is 0 Å².